The molecule has 0 aliphatic carbocycles. The van der Waals surface area contributed by atoms with E-state index in [-0.39, 0.29) is 5.91 Å². The lowest BCUT2D eigenvalue weighted by molar-refractivity contribution is 0.0951. The van der Waals surface area contributed by atoms with Crippen molar-refractivity contribution in [1.29, 1.82) is 0 Å². The van der Waals surface area contributed by atoms with Gasteiger partial charge < -0.3 is 10.1 Å². The molecule has 0 unspecified atom stereocenters. The second-order valence-electron chi connectivity index (χ2n) is 4.52. The molecule has 2 rings (SSSR count). The molecule has 4 heteroatoms. The highest BCUT2D eigenvalue weighted by Gasteiger charge is 2.08. The minimum Gasteiger partial charge on any atom is -0.496 e. The summed E-state index contributed by atoms with van der Waals surface area (Å²) in [7, 11) is 1.62. The van der Waals surface area contributed by atoms with Crippen molar-refractivity contribution in [3.8, 4) is 5.75 Å². The van der Waals surface area contributed by atoms with Gasteiger partial charge in [-0.2, -0.15) is 0 Å². The van der Waals surface area contributed by atoms with Gasteiger partial charge in [0.15, 0.2) is 0 Å². The van der Waals surface area contributed by atoms with Crippen LogP contribution in [0, 0.1) is 10.5 Å². The van der Waals surface area contributed by atoms with Crippen molar-refractivity contribution in [3.05, 3.63) is 62.7 Å². The maximum atomic E-state index is 12.1. The molecule has 20 heavy (non-hydrogen) atoms. The standard InChI is InChI=1S/C16H16INO2/c1-11-3-5-12(6-4-11)10-18-16(19)13-7-8-15(20-2)14(17)9-13/h3-9H,10H2,1-2H3,(H,18,19). The van der Waals surface area contributed by atoms with Crippen molar-refractivity contribution in [1.82, 2.24) is 5.32 Å². The number of carbonyl (C=O) groups excluding carboxylic acids is 1. The Hall–Kier alpha value is -1.56. The summed E-state index contributed by atoms with van der Waals surface area (Å²) < 4.78 is 6.11. The molecule has 0 aliphatic rings. The van der Waals surface area contributed by atoms with Crippen LogP contribution in [0.3, 0.4) is 0 Å². The summed E-state index contributed by atoms with van der Waals surface area (Å²) in [6, 6.07) is 13.5. The summed E-state index contributed by atoms with van der Waals surface area (Å²) in [6.45, 7) is 2.57. The molecule has 0 fully saturated rings. The summed E-state index contributed by atoms with van der Waals surface area (Å²) in [5, 5.41) is 2.92. The normalized spacial score (nSPS) is 10.2. The van der Waals surface area contributed by atoms with E-state index in [1.54, 1.807) is 13.2 Å². The van der Waals surface area contributed by atoms with Gasteiger partial charge in [-0.15, -0.1) is 0 Å². The fourth-order valence-corrected chi connectivity index (χ4v) is 2.53. The van der Waals surface area contributed by atoms with E-state index < -0.39 is 0 Å². The molecule has 2 aromatic rings. The number of carbonyl (C=O) groups is 1. The highest BCUT2D eigenvalue weighted by Crippen LogP contribution is 2.21. The van der Waals surface area contributed by atoms with Gasteiger partial charge in [0.2, 0.25) is 0 Å². The second-order valence-corrected chi connectivity index (χ2v) is 5.68. The number of hydrogen-bond acceptors (Lipinski definition) is 2. The predicted octanol–water partition coefficient (Wildman–Crippen LogP) is 3.54. The SMILES string of the molecule is COc1ccc(C(=O)NCc2ccc(C)cc2)cc1I. The summed E-state index contributed by atoms with van der Waals surface area (Å²) in [6.07, 6.45) is 0. The number of benzene rings is 2. The molecular weight excluding hydrogens is 365 g/mol. The van der Waals surface area contributed by atoms with Crippen molar-refractivity contribution in [2.45, 2.75) is 13.5 Å². The van der Waals surface area contributed by atoms with Crippen molar-refractivity contribution in [3.63, 3.8) is 0 Å². The van der Waals surface area contributed by atoms with Crippen molar-refractivity contribution >= 4 is 28.5 Å². The molecule has 0 saturated carbocycles. The summed E-state index contributed by atoms with van der Waals surface area (Å²) >= 11 is 2.16. The largest absolute Gasteiger partial charge is 0.496 e. The lowest BCUT2D eigenvalue weighted by Gasteiger charge is -2.08. The lowest BCUT2D eigenvalue weighted by atomic mass is 10.1. The first-order valence-electron chi connectivity index (χ1n) is 6.27. The number of ether oxygens (including phenoxy) is 1. The van der Waals surface area contributed by atoms with Crippen molar-refractivity contribution < 1.29 is 9.53 Å². The third-order valence-electron chi connectivity index (χ3n) is 2.99. The predicted molar refractivity (Wildman–Crippen MR) is 88.1 cm³/mol. The first-order valence-corrected chi connectivity index (χ1v) is 7.35. The summed E-state index contributed by atoms with van der Waals surface area (Å²) in [5.41, 5.74) is 2.94. The zero-order valence-electron chi connectivity index (χ0n) is 11.4. The fraction of sp³-hybridized carbons (Fsp3) is 0.188. The quantitative estimate of drug-likeness (QED) is 0.823. The molecule has 0 spiro atoms. The van der Waals surface area contributed by atoms with E-state index >= 15 is 0 Å². The Balaban J connectivity index is 2.01. The third kappa shape index (κ3) is 3.72. The van der Waals surface area contributed by atoms with Gasteiger partial charge in [-0.3, -0.25) is 4.79 Å². The Morgan fingerprint density at radius 1 is 1.20 bits per heavy atom. The van der Waals surface area contributed by atoms with E-state index in [4.69, 9.17) is 4.74 Å². The van der Waals surface area contributed by atoms with Gasteiger partial charge in [0, 0.05) is 12.1 Å². The van der Waals surface area contributed by atoms with Crippen LogP contribution in [0.25, 0.3) is 0 Å². The average Bonchev–Trinajstić information content (AvgIpc) is 2.46. The molecular formula is C16H16INO2. The third-order valence-corrected chi connectivity index (χ3v) is 3.83. The van der Waals surface area contributed by atoms with Crippen LogP contribution in [0.15, 0.2) is 42.5 Å². The Morgan fingerprint density at radius 2 is 1.90 bits per heavy atom. The first kappa shape index (κ1) is 14.8. The minimum atomic E-state index is -0.0776. The van der Waals surface area contributed by atoms with Crippen LogP contribution in [0.4, 0.5) is 0 Å². The van der Waals surface area contributed by atoms with Gasteiger partial charge in [0.25, 0.3) is 5.91 Å². The number of halogens is 1. The van der Waals surface area contributed by atoms with Crippen LogP contribution in [-0.4, -0.2) is 13.0 Å². The van der Waals surface area contributed by atoms with Crippen LogP contribution >= 0.6 is 22.6 Å². The van der Waals surface area contributed by atoms with Crippen molar-refractivity contribution in [2.75, 3.05) is 7.11 Å². The maximum Gasteiger partial charge on any atom is 0.251 e. The van der Waals surface area contributed by atoms with Crippen LogP contribution in [0.1, 0.15) is 21.5 Å². The smallest absolute Gasteiger partial charge is 0.251 e. The first-order chi connectivity index (χ1) is 9.60. The highest BCUT2D eigenvalue weighted by atomic mass is 127. The Morgan fingerprint density at radius 3 is 2.50 bits per heavy atom. The van der Waals surface area contributed by atoms with Gasteiger partial charge in [0.05, 0.1) is 10.7 Å². The van der Waals surface area contributed by atoms with Gasteiger partial charge in [-0.05, 0) is 53.3 Å². The molecule has 0 bridgehead atoms. The molecule has 0 radical (unpaired) electrons. The van der Waals surface area contributed by atoms with E-state index in [1.807, 2.05) is 43.3 Å². The topological polar surface area (TPSA) is 38.3 Å². The molecule has 0 heterocycles. The molecule has 0 atom stereocenters. The van der Waals surface area contributed by atoms with E-state index in [0.29, 0.717) is 12.1 Å². The average molecular weight is 381 g/mol. The Labute approximate surface area is 132 Å². The second kappa shape index (κ2) is 6.74. The zero-order valence-corrected chi connectivity index (χ0v) is 13.6. The van der Waals surface area contributed by atoms with E-state index in [9.17, 15) is 4.79 Å². The van der Waals surface area contributed by atoms with Crippen LogP contribution in [0.2, 0.25) is 0 Å². The number of hydrogen-bond donors (Lipinski definition) is 1. The molecule has 0 saturated heterocycles. The lowest BCUT2D eigenvalue weighted by Crippen LogP contribution is -2.22. The fourth-order valence-electron chi connectivity index (χ4n) is 1.80. The Bertz CT molecular complexity index is 608. The molecule has 2 aromatic carbocycles. The van der Waals surface area contributed by atoms with E-state index in [1.165, 1.54) is 5.56 Å². The number of aryl methyl sites for hydroxylation is 1. The molecule has 0 aromatic heterocycles. The number of rotatable bonds is 4. The minimum absolute atomic E-state index is 0.0776. The van der Waals surface area contributed by atoms with Crippen molar-refractivity contribution in [2.24, 2.45) is 0 Å². The van der Waals surface area contributed by atoms with Crippen LogP contribution in [0.5, 0.6) is 5.75 Å². The number of methoxy groups -OCH3 is 1. The van der Waals surface area contributed by atoms with Crippen LogP contribution in [-0.2, 0) is 6.54 Å². The molecule has 1 amide bonds. The maximum absolute atomic E-state index is 12.1. The number of nitrogens with one attached hydrogen (secondary N) is 1. The summed E-state index contributed by atoms with van der Waals surface area (Å²) in [4.78, 5) is 12.1. The van der Waals surface area contributed by atoms with E-state index in [2.05, 4.69) is 27.9 Å². The molecule has 3 nitrogen and oxygen atoms in total. The molecule has 104 valence electrons. The van der Waals surface area contributed by atoms with Gasteiger partial charge >= 0.3 is 0 Å². The van der Waals surface area contributed by atoms with E-state index in [0.717, 1.165) is 14.9 Å². The van der Waals surface area contributed by atoms with Gasteiger partial charge in [-0.1, -0.05) is 29.8 Å². The highest BCUT2D eigenvalue weighted by molar-refractivity contribution is 14.1. The van der Waals surface area contributed by atoms with Gasteiger partial charge in [-0.25, -0.2) is 0 Å². The zero-order chi connectivity index (χ0) is 14.5. The summed E-state index contributed by atoms with van der Waals surface area (Å²) in [5.74, 6) is 0.701. The monoisotopic (exact) mass is 381 g/mol. The van der Waals surface area contributed by atoms with Crippen LogP contribution < -0.4 is 10.1 Å². The number of amides is 1. The molecule has 0 aliphatic heterocycles. The Kier molecular flexibility index (Phi) is 5.00. The molecule has 1 N–H and O–H groups in total. The van der Waals surface area contributed by atoms with Gasteiger partial charge in [0.1, 0.15) is 5.75 Å².